The third-order valence-corrected chi connectivity index (χ3v) is 6.04. The van der Waals surface area contributed by atoms with E-state index in [-0.39, 0.29) is 17.9 Å². The van der Waals surface area contributed by atoms with E-state index in [0.29, 0.717) is 11.6 Å². The number of nitrogens with one attached hydrogen (secondary N) is 1. The van der Waals surface area contributed by atoms with E-state index in [2.05, 4.69) is 31.2 Å². The number of amides is 1. The van der Waals surface area contributed by atoms with Crippen molar-refractivity contribution in [3.05, 3.63) is 50.7 Å². The van der Waals surface area contributed by atoms with Crippen LogP contribution < -0.4 is 5.32 Å². The molecule has 0 saturated heterocycles. The van der Waals surface area contributed by atoms with E-state index in [1.807, 2.05) is 63.8 Å². The molecule has 0 aliphatic heterocycles. The molecule has 1 aromatic heterocycles. The Morgan fingerprint density at radius 2 is 1.93 bits per heavy atom. The van der Waals surface area contributed by atoms with Gasteiger partial charge in [-0.25, -0.2) is 0 Å². The summed E-state index contributed by atoms with van der Waals surface area (Å²) in [4.78, 5) is 15.0. The zero-order chi connectivity index (χ0) is 20.1. The van der Waals surface area contributed by atoms with Crippen LogP contribution in [0.3, 0.4) is 0 Å². The average molecular weight is 456 g/mol. The zero-order valence-electron chi connectivity index (χ0n) is 16.6. The maximum Gasteiger partial charge on any atom is 0.225 e. The SMILES string of the molecule is Cc1nn(CC(C)C(=O)NC(CCN(C)C)c2ccc(Cl)cc2)c(C)c1Br. The monoisotopic (exact) mass is 454 g/mol. The normalized spacial score (nSPS) is 13.6. The third-order valence-electron chi connectivity index (χ3n) is 4.64. The van der Waals surface area contributed by atoms with Gasteiger partial charge in [-0.2, -0.15) is 5.10 Å². The van der Waals surface area contributed by atoms with Gasteiger partial charge in [0.15, 0.2) is 0 Å². The van der Waals surface area contributed by atoms with Gasteiger partial charge in [0.25, 0.3) is 0 Å². The van der Waals surface area contributed by atoms with Crippen LogP contribution in [0.1, 0.15) is 36.3 Å². The third kappa shape index (κ3) is 6.06. The van der Waals surface area contributed by atoms with Gasteiger partial charge in [-0.3, -0.25) is 9.48 Å². The van der Waals surface area contributed by atoms with E-state index in [1.165, 1.54) is 0 Å². The molecule has 1 N–H and O–H groups in total. The van der Waals surface area contributed by atoms with Crippen molar-refractivity contribution in [2.24, 2.45) is 5.92 Å². The van der Waals surface area contributed by atoms with Crippen LogP contribution in [-0.2, 0) is 11.3 Å². The first-order valence-corrected chi connectivity index (χ1v) is 10.3. The Kier molecular flexibility index (Phi) is 7.89. The van der Waals surface area contributed by atoms with Crippen molar-refractivity contribution in [2.45, 2.75) is 39.8 Å². The minimum absolute atomic E-state index is 0.0254. The molecule has 5 nitrogen and oxygen atoms in total. The Morgan fingerprint density at radius 3 is 2.44 bits per heavy atom. The van der Waals surface area contributed by atoms with Crippen LogP contribution >= 0.6 is 27.5 Å². The molecule has 2 aromatic rings. The molecule has 27 heavy (non-hydrogen) atoms. The molecule has 0 spiro atoms. The van der Waals surface area contributed by atoms with Gasteiger partial charge in [-0.15, -0.1) is 0 Å². The van der Waals surface area contributed by atoms with Crippen molar-refractivity contribution in [1.82, 2.24) is 20.0 Å². The van der Waals surface area contributed by atoms with Crippen molar-refractivity contribution in [2.75, 3.05) is 20.6 Å². The molecule has 0 bridgehead atoms. The summed E-state index contributed by atoms with van der Waals surface area (Å²) >= 11 is 9.55. The van der Waals surface area contributed by atoms with Crippen molar-refractivity contribution in [1.29, 1.82) is 0 Å². The predicted octanol–water partition coefficient (Wildman–Crippen LogP) is 4.36. The number of benzene rings is 1. The summed E-state index contributed by atoms with van der Waals surface area (Å²) in [5, 5.41) is 8.41. The van der Waals surface area contributed by atoms with E-state index in [9.17, 15) is 4.79 Å². The number of aryl methyl sites for hydroxylation is 1. The van der Waals surface area contributed by atoms with Gasteiger partial charge >= 0.3 is 0 Å². The van der Waals surface area contributed by atoms with E-state index >= 15 is 0 Å². The molecule has 148 valence electrons. The lowest BCUT2D eigenvalue weighted by Crippen LogP contribution is -2.36. The molecule has 0 aliphatic rings. The zero-order valence-corrected chi connectivity index (χ0v) is 18.9. The van der Waals surface area contributed by atoms with Crippen LogP contribution in [0.25, 0.3) is 0 Å². The summed E-state index contributed by atoms with van der Waals surface area (Å²) in [6, 6.07) is 7.63. The fourth-order valence-electron chi connectivity index (χ4n) is 2.91. The number of nitrogens with zero attached hydrogens (tertiary/aromatic N) is 3. The van der Waals surface area contributed by atoms with Crippen LogP contribution in [0.4, 0.5) is 0 Å². The van der Waals surface area contributed by atoms with Gasteiger partial charge in [-0.1, -0.05) is 30.7 Å². The van der Waals surface area contributed by atoms with Crippen molar-refractivity contribution >= 4 is 33.4 Å². The Bertz CT molecular complexity index is 773. The molecule has 2 atom stereocenters. The summed E-state index contributed by atoms with van der Waals surface area (Å²) in [5.41, 5.74) is 3.04. The highest BCUT2D eigenvalue weighted by molar-refractivity contribution is 9.10. The number of aromatic nitrogens is 2. The maximum atomic E-state index is 12.8. The molecule has 2 rings (SSSR count). The second-order valence-electron chi connectivity index (χ2n) is 7.27. The van der Waals surface area contributed by atoms with Crippen LogP contribution in [-0.4, -0.2) is 41.2 Å². The summed E-state index contributed by atoms with van der Waals surface area (Å²) < 4.78 is 2.89. The van der Waals surface area contributed by atoms with Crippen LogP contribution in [0.15, 0.2) is 28.7 Å². The number of rotatable bonds is 8. The second kappa shape index (κ2) is 9.71. The maximum absolute atomic E-state index is 12.8. The number of carbonyl (C=O) groups is 1. The highest BCUT2D eigenvalue weighted by atomic mass is 79.9. The van der Waals surface area contributed by atoms with Gasteiger partial charge < -0.3 is 10.2 Å². The van der Waals surface area contributed by atoms with E-state index in [4.69, 9.17) is 11.6 Å². The Morgan fingerprint density at radius 1 is 1.30 bits per heavy atom. The minimum Gasteiger partial charge on any atom is -0.349 e. The molecule has 0 radical (unpaired) electrons. The van der Waals surface area contributed by atoms with Gasteiger partial charge in [0.05, 0.1) is 28.7 Å². The molecule has 0 fully saturated rings. The highest BCUT2D eigenvalue weighted by Gasteiger charge is 2.21. The molecule has 0 aliphatic carbocycles. The summed E-state index contributed by atoms with van der Waals surface area (Å²) in [7, 11) is 4.06. The quantitative estimate of drug-likeness (QED) is 0.643. The van der Waals surface area contributed by atoms with Gasteiger partial charge in [0.1, 0.15) is 0 Å². The fourth-order valence-corrected chi connectivity index (χ4v) is 3.32. The number of hydrogen-bond donors (Lipinski definition) is 1. The van der Waals surface area contributed by atoms with Crippen LogP contribution in [0.2, 0.25) is 5.02 Å². The highest BCUT2D eigenvalue weighted by Crippen LogP contribution is 2.22. The molecule has 1 heterocycles. The Hall–Kier alpha value is -1.37. The summed E-state index contributed by atoms with van der Waals surface area (Å²) in [6.45, 7) is 7.32. The van der Waals surface area contributed by atoms with Gasteiger partial charge in [-0.05, 0) is 74.5 Å². The molecular weight excluding hydrogens is 428 g/mol. The molecule has 2 unspecified atom stereocenters. The first-order chi connectivity index (χ1) is 12.7. The summed E-state index contributed by atoms with van der Waals surface area (Å²) in [6.07, 6.45) is 0.832. The standard InChI is InChI=1S/C20H28BrClN4O/c1-13(12-26-15(3)19(21)14(2)24-26)20(27)23-18(10-11-25(4)5)16-6-8-17(22)9-7-16/h6-9,13,18H,10-12H2,1-5H3,(H,23,27). The lowest BCUT2D eigenvalue weighted by molar-refractivity contribution is -0.125. The largest absolute Gasteiger partial charge is 0.349 e. The molecule has 0 saturated carbocycles. The topological polar surface area (TPSA) is 50.2 Å². The minimum atomic E-state index is -0.191. The number of carbonyl (C=O) groups excluding carboxylic acids is 1. The predicted molar refractivity (Wildman–Crippen MR) is 114 cm³/mol. The van der Waals surface area contributed by atoms with Gasteiger partial charge in [0.2, 0.25) is 5.91 Å². The first kappa shape index (κ1) is 21.9. The number of halogens is 2. The van der Waals surface area contributed by atoms with Crippen molar-refractivity contribution < 1.29 is 4.79 Å². The molecule has 1 aromatic carbocycles. The van der Waals surface area contributed by atoms with Crippen molar-refractivity contribution in [3.8, 4) is 0 Å². The molecule has 1 amide bonds. The summed E-state index contributed by atoms with van der Waals surface area (Å²) in [5.74, 6) is -0.165. The van der Waals surface area contributed by atoms with E-state index in [0.717, 1.165) is 34.4 Å². The smallest absolute Gasteiger partial charge is 0.225 e. The van der Waals surface area contributed by atoms with E-state index in [1.54, 1.807) is 0 Å². The molecule has 7 heteroatoms. The van der Waals surface area contributed by atoms with Crippen LogP contribution in [0, 0.1) is 19.8 Å². The average Bonchev–Trinajstić information content (AvgIpc) is 2.85. The number of hydrogen-bond acceptors (Lipinski definition) is 3. The van der Waals surface area contributed by atoms with Crippen LogP contribution in [0.5, 0.6) is 0 Å². The Balaban J connectivity index is 2.09. The van der Waals surface area contributed by atoms with E-state index < -0.39 is 0 Å². The van der Waals surface area contributed by atoms with Crippen molar-refractivity contribution in [3.63, 3.8) is 0 Å². The fraction of sp³-hybridized carbons (Fsp3) is 0.500. The second-order valence-corrected chi connectivity index (χ2v) is 8.50. The van der Waals surface area contributed by atoms with Gasteiger partial charge in [0, 0.05) is 10.7 Å². The Labute approximate surface area is 175 Å². The lowest BCUT2D eigenvalue weighted by Gasteiger charge is -2.23. The first-order valence-electron chi connectivity index (χ1n) is 9.09. The molecular formula is C20H28BrClN4O. The lowest BCUT2D eigenvalue weighted by atomic mass is 10.0.